The predicted octanol–water partition coefficient (Wildman–Crippen LogP) is 5.39. The van der Waals surface area contributed by atoms with Crippen LogP contribution in [0.5, 0.6) is 0 Å². The lowest BCUT2D eigenvalue weighted by molar-refractivity contribution is 0.0303. The maximum absolute atomic E-state index is 12.9. The van der Waals surface area contributed by atoms with E-state index in [-0.39, 0.29) is 24.3 Å². The quantitative estimate of drug-likeness (QED) is 0.272. The zero-order chi connectivity index (χ0) is 32.6. The smallest absolute Gasteiger partial charge is 0.323 e. The first-order valence-electron chi connectivity index (χ1n) is 17.4. The summed E-state index contributed by atoms with van der Waals surface area (Å²) in [6.07, 6.45) is 8.97. The van der Waals surface area contributed by atoms with Crippen molar-refractivity contribution in [2.75, 3.05) is 73.9 Å². The molecule has 2 amide bonds. The van der Waals surface area contributed by atoms with E-state index in [1.165, 1.54) is 5.69 Å². The molecule has 0 spiro atoms. The number of hydrogen-bond donors (Lipinski definition) is 2. The predicted molar refractivity (Wildman–Crippen MR) is 188 cm³/mol. The summed E-state index contributed by atoms with van der Waals surface area (Å²) in [5.41, 5.74) is 4.37. The Morgan fingerprint density at radius 2 is 1.46 bits per heavy atom. The van der Waals surface area contributed by atoms with Crippen molar-refractivity contribution < 1.29 is 14.3 Å². The number of amides is 2. The minimum atomic E-state index is -0.288. The number of carbonyl (C=O) groups is 1. The van der Waals surface area contributed by atoms with Gasteiger partial charge >= 0.3 is 6.03 Å². The second kappa shape index (κ2) is 13.3. The summed E-state index contributed by atoms with van der Waals surface area (Å²) in [6.45, 7) is 5.77. The molecule has 12 nitrogen and oxygen atoms in total. The zero-order valence-corrected chi connectivity index (χ0v) is 27.8. The summed E-state index contributed by atoms with van der Waals surface area (Å²) >= 11 is 0. The lowest BCUT2D eigenvalue weighted by atomic mass is 9.93. The second-order valence-corrected chi connectivity index (χ2v) is 13.7. The summed E-state index contributed by atoms with van der Waals surface area (Å²) in [7, 11) is 3.96. The van der Waals surface area contributed by atoms with Gasteiger partial charge in [0, 0.05) is 69.0 Å². The molecule has 1 aliphatic carbocycles. The molecule has 4 aromatic rings. The molecule has 48 heavy (non-hydrogen) atoms. The van der Waals surface area contributed by atoms with E-state index in [0.717, 1.165) is 106 Å². The summed E-state index contributed by atoms with van der Waals surface area (Å²) in [4.78, 5) is 30.2. The number of fused-ring (bicyclic) bond motifs is 3. The van der Waals surface area contributed by atoms with Gasteiger partial charge in [-0.3, -0.25) is 0 Å². The molecule has 0 radical (unpaired) electrons. The van der Waals surface area contributed by atoms with E-state index in [4.69, 9.17) is 24.5 Å². The highest BCUT2D eigenvalue weighted by molar-refractivity contribution is 6.00. The van der Waals surface area contributed by atoms with Crippen LogP contribution in [-0.2, 0) is 9.47 Å². The normalized spacial score (nSPS) is 24.6. The molecule has 12 heteroatoms. The van der Waals surface area contributed by atoms with E-state index in [9.17, 15) is 4.79 Å². The average Bonchev–Trinajstić information content (AvgIpc) is 3.70. The Bertz CT molecular complexity index is 1720. The van der Waals surface area contributed by atoms with Crippen molar-refractivity contribution in [3.8, 4) is 11.4 Å². The molecular formula is C36H45N9O3. The van der Waals surface area contributed by atoms with Crippen LogP contribution in [0.15, 0.2) is 54.7 Å². The first-order valence-corrected chi connectivity index (χ1v) is 17.4. The van der Waals surface area contributed by atoms with Gasteiger partial charge in [-0.1, -0.05) is 0 Å². The minimum Gasteiger partial charge on any atom is -0.381 e. The van der Waals surface area contributed by atoms with Gasteiger partial charge in [-0.2, -0.15) is 5.10 Å². The third-order valence-corrected chi connectivity index (χ3v) is 10.5. The van der Waals surface area contributed by atoms with Gasteiger partial charge < -0.3 is 34.8 Å². The van der Waals surface area contributed by atoms with E-state index >= 15 is 0 Å². The van der Waals surface area contributed by atoms with Crippen molar-refractivity contribution in [2.45, 2.75) is 62.9 Å². The Hall–Kier alpha value is -4.26. The number of anilines is 4. The fraction of sp³-hybridized carbons (Fsp3) is 0.500. The van der Waals surface area contributed by atoms with Crippen LogP contribution in [0.1, 0.15) is 44.6 Å². The summed E-state index contributed by atoms with van der Waals surface area (Å²) < 4.78 is 13.9. The minimum absolute atomic E-state index is 0.239. The number of rotatable bonds is 7. The Morgan fingerprint density at radius 1 is 0.812 bits per heavy atom. The van der Waals surface area contributed by atoms with Gasteiger partial charge in [0.25, 0.3) is 0 Å². The number of nitrogens with one attached hydrogen (secondary N) is 2. The molecule has 4 fully saturated rings. The lowest BCUT2D eigenvalue weighted by Crippen LogP contribution is -2.44. The number of likely N-dealkylation sites (N-methyl/N-ethyl adjacent to an activating group) is 1. The van der Waals surface area contributed by atoms with E-state index < -0.39 is 0 Å². The number of carbonyl (C=O) groups excluding carboxylic acids is 1. The number of urea groups is 1. The Morgan fingerprint density at radius 3 is 2.10 bits per heavy atom. The van der Waals surface area contributed by atoms with Crippen LogP contribution < -0.4 is 20.4 Å². The standard InChI is InChI=1S/C36H45N9O3/c1-42-17-19-43(20-18-42)27-9-7-26(8-10-27)39-36(46)38-25-5-3-24(4-6-25)33-40-34(44-22-30-15-16-31(23-44)48-30)32-21-37-45(35(32)41-33)28-11-13-29(47-2)14-12-28/h3-10,21,28-31H,11-20,22-23H2,1-2H3,(H2,38,39,46)/t28?,29?,30-,31+. The number of aromatic nitrogens is 4. The van der Waals surface area contributed by atoms with Crippen LogP contribution in [0, 0.1) is 0 Å². The number of hydrogen-bond acceptors (Lipinski definition) is 9. The van der Waals surface area contributed by atoms with Gasteiger partial charge in [0.1, 0.15) is 5.82 Å². The molecule has 2 bridgehead atoms. The van der Waals surface area contributed by atoms with Crippen LogP contribution >= 0.6 is 0 Å². The monoisotopic (exact) mass is 651 g/mol. The highest BCUT2D eigenvalue weighted by Gasteiger charge is 2.36. The molecule has 3 aliphatic heterocycles. The first-order chi connectivity index (χ1) is 23.5. The van der Waals surface area contributed by atoms with Gasteiger partial charge in [-0.05, 0) is 94.1 Å². The van der Waals surface area contributed by atoms with Crippen molar-refractivity contribution in [1.29, 1.82) is 0 Å². The Labute approximate surface area is 281 Å². The van der Waals surface area contributed by atoms with E-state index in [1.807, 2.05) is 42.6 Å². The van der Waals surface area contributed by atoms with E-state index in [1.54, 1.807) is 7.11 Å². The number of piperazine rings is 1. The molecule has 8 rings (SSSR count). The molecule has 3 saturated heterocycles. The number of benzene rings is 2. The van der Waals surface area contributed by atoms with Gasteiger partial charge in [-0.15, -0.1) is 0 Å². The number of ether oxygens (including phenoxy) is 2. The third kappa shape index (κ3) is 6.44. The summed E-state index contributed by atoms with van der Waals surface area (Å²) in [5, 5.41) is 11.8. The molecule has 1 saturated carbocycles. The van der Waals surface area contributed by atoms with Crippen molar-refractivity contribution in [3.63, 3.8) is 0 Å². The molecule has 2 aromatic carbocycles. The van der Waals surface area contributed by atoms with Gasteiger partial charge in [-0.25, -0.2) is 19.4 Å². The SMILES string of the molecule is COC1CCC(n2ncc3c(N4C[C@H]5CC[C@@H](C4)O5)nc(-c4ccc(NC(=O)Nc5ccc(N6CCN(C)CC6)cc5)cc4)nc32)CC1. The molecule has 2 atom stereocenters. The molecule has 252 valence electrons. The van der Waals surface area contributed by atoms with Crippen molar-refractivity contribution in [2.24, 2.45) is 0 Å². The largest absolute Gasteiger partial charge is 0.381 e. The molecule has 5 heterocycles. The maximum atomic E-state index is 12.9. The fourth-order valence-electron chi connectivity index (χ4n) is 7.68. The van der Waals surface area contributed by atoms with E-state index in [2.05, 4.69) is 49.2 Å². The van der Waals surface area contributed by atoms with Gasteiger partial charge in [0.05, 0.1) is 35.9 Å². The second-order valence-electron chi connectivity index (χ2n) is 13.7. The molecule has 2 N–H and O–H groups in total. The average molecular weight is 652 g/mol. The van der Waals surface area contributed by atoms with Crippen LogP contribution in [0.3, 0.4) is 0 Å². The van der Waals surface area contributed by atoms with Crippen LogP contribution in [-0.4, -0.2) is 102 Å². The summed E-state index contributed by atoms with van der Waals surface area (Å²) in [5.74, 6) is 1.58. The van der Waals surface area contributed by atoms with Crippen molar-refractivity contribution in [3.05, 3.63) is 54.7 Å². The maximum Gasteiger partial charge on any atom is 0.323 e. The topological polar surface area (TPSA) is 113 Å². The first kappa shape index (κ1) is 31.0. The van der Waals surface area contributed by atoms with Crippen molar-refractivity contribution in [1.82, 2.24) is 24.6 Å². The van der Waals surface area contributed by atoms with Gasteiger partial charge in [0.2, 0.25) is 0 Å². The number of methoxy groups -OCH3 is 1. The van der Waals surface area contributed by atoms with E-state index in [0.29, 0.717) is 17.6 Å². The Balaban J connectivity index is 0.997. The number of morpholine rings is 1. The molecule has 0 unspecified atom stereocenters. The highest BCUT2D eigenvalue weighted by atomic mass is 16.5. The molecule has 2 aromatic heterocycles. The summed E-state index contributed by atoms with van der Waals surface area (Å²) in [6, 6.07) is 15.8. The van der Waals surface area contributed by atoms with Crippen molar-refractivity contribution >= 4 is 39.9 Å². The number of nitrogens with zero attached hydrogens (tertiary/aromatic N) is 7. The van der Waals surface area contributed by atoms with Crippen LogP contribution in [0.25, 0.3) is 22.4 Å². The Kier molecular flexibility index (Phi) is 8.62. The van der Waals surface area contributed by atoms with Crippen LogP contribution in [0.4, 0.5) is 27.7 Å². The van der Waals surface area contributed by atoms with Gasteiger partial charge in [0.15, 0.2) is 11.5 Å². The molecule has 4 aliphatic rings. The lowest BCUT2D eigenvalue weighted by Gasteiger charge is -2.34. The third-order valence-electron chi connectivity index (χ3n) is 10.5. The zero-order valence-electron chi connectivity index (χ0n) is 27.8. The molecular weight excluding hydrogens is 606 g/mol. The fourth-order valence-corrected chi connectivity index (χ4v) is 7.68. The highest BCUT2D eigenvalue weighted by Crippen LogP contribution is 2.37. The van der Waals surface area contributed by atoms with Crippen LogP contribution in [0.2, 0.25) is 0 Å².